The largest absolute Gasteiger partial charge is 0.344 e. The molecule has 1 atom stereocenters. The minimum Gasteiger partial charge on any atom is -0.344 e. The fourth-order valence-electron chi connectivity index (χ4n) is 8.19. The van der Waals surface area contributed by atoms with Crippen LogP contribution in [0.1, 0.15) is 22.9 Å². The van der Waals surface area contributed by atoms with Gasteiger partial charge in [0.25, 0.3) is 0 Å². The monoisotopic (exact) mass is 734 g/mol. The minimum atomic E-state index is -0.279. The zero-order valence-electron chi connectivity index (χ0n) is 30.3. The Bertz CT molecular complexity index is 3140. The number of nitrogens with one attached hydrogen (secondary N) is 1. The van der Waals surface area contributed by atoms with Crippen molar-refractivity contribution in [2.75, 3.05) is 0 Å². The summed E-state index contributed by atoms with van der Waals surface area (Å²) in [5.41, 5.74) is 11.3. The molecule has 2 aromatic heterocycles. The lowest BCUT2D eigenvalue weighted by Gasteiger charge is -2.24. The molecule has 4 nitrogen and oxygen atoms in total. The van der Waals surface area contributed by atoms with E-state index in [1.165, 1.54) is 58.7 Å². The number of thiophene rings is 1. The number of benzene rings is 8. The van der Waals surface area contributed by atoms with Gasteiger partial charge in [0, 0.05) is 47.8 Å². The lowest BCUT2D eigenvalue weighted by molar-refractivity contribution is 0.674. The minimum absolute atomic E-state index is 0.279. The van der Waals surface area contributed by atoms with Gasteiger partial charge in [0.2, 0.25) is 0 Å². The Morgan fingerprint density at radius 2 is 1.07 bits per heavy atom. The molecule has 264 valence electrons. The molecule has 0 spiro atoms. The first-order chi connectivity index (χ1) is 27.7. The maximum atomic E-state index is 5.22. The highest BCUT2D eigenvalue weighted by Gasteiger charge is 2.24. The number of amidine groups is 2. The predicted molar refractivity (Wildman–Crippen MR) is 236 cm³/mol. The summed E-state index contributed by atoms with van der Waals surface area (Å²) in [4.78, 5) is 10.3. The van der Waals surface area contributed by atoms with Crippen molar-refractivity contribution < 1.29 is 0 Å². The van der Waals surface area contributed by atoms with Gasteiger partial charge in [0.1, 0.15) is 12.0 Å². The summed E-state index contributed by atoms with van der Waals surface area (Å²) >= 11 is 1.83. The second-order valence-electron chi connectivity index (χ2n) is 14.2. The van der Waals surface area contributed by atoms with Crippen LogP contribution in [0, 0.1) is 0 Å². The van der Waals surface area contributed by atoms with Crippen LogP contribution in [0.5, 0.6) is 0 Å². The van der Waals surface area contributed by atoms with E-state index in [1.807, 2.05) is 35.6 Å². The van der Waals surface area contributed by atoms with Crippen molar-refractivity contribution in [3.05, 3.63) is 211 Å². The Kier molecular flexibility index (Phi) is 7.71. The van der Waals surface area contributed by atoms with E-state index >= 15 is 0 Å². The van der Waals surface area contributed by atoms with Crippen LogP contribution in [-0.2, 0) is 0 Å². The molecule has 5 heteroatoms. The Labute approximate surface area is 328 Å². The van der Waals surface area contributed by atoms with Crippen LogP contribution in [0.3, 0.4) is 0 Å². The van der Waals surface area contributed by atoms with Crippen LogP contribution in [0.4, 0.5) is 0 Å². The average Bonchev–Trinajstić information content (AvgIpc) is 3.82. The molecule has 1 aliphatic heterocycles. The molecule has 0 radical (unpaired) electrons. The molecular formula is C51H34N4S. The molecule has 11 rings (SSSR count). The number of fused-ring (bicyclic) bond motifs is 6. The Morgan fingerprint density at radius 3 is 1.80 bits per heavy atom. The predicted octanol–water partition coefficient (Wildman–Crippen LogP) is 13.0. The van der Waals surface area contributed by atoms with Gasteiger partial charge >= 0.3 is 0 Å². The maximum absolute atomic E-state index is 5.22. The quantitative estimate of drug-likeness (QED) is 0.182. The highest BCUT2D eigenvalue weighted by molar-refractivity contribution is 7.26. The van der Waals surface area contributed by atoms with Gasteiger partial charge in [-0.1, -0.05) is 152 Å². The van der Waals surface area contributed by atoms with Gasteiger partial charge in [0.15, 0.2) is 5.84 Å². The van der Waals surface area contributed by atoms with Gasteiger partial charge in [0.05, 0.1) is 11.0 Å². The normalized spacial score (nSPS) is 14.2. The van der Waals surface area contributed by atoms with Crippen molar-refractivity contribution >= 4 is 65.0 Å². The molecule has 3 heterocycles. The summed E-state index contributed by atoms with van der Waals surface area (Å²) in [7, 11) is 0. The van der Waals surface area contributed by atoms with Crippen molar-refractivity contribution in [1.29, 1.82) is 0 Å². The Balaban J connectivity index is 1.14. The van der Waals surface area contributed by atoms with Crippen molar-refractivity contribution in [3.8, 4) is 27.9 Å². The van der Waals surface area contributed by atoms with Gasteiger partial charge in [-0.15, -0.1) is 11.3 Å². The van der Waals surface area contributed by atoms with Crippen LogP contribution in [0.15, 0.2) is 204 Å². The molecule has 10 aromatic rings. The van der Waals surface area contributed by atoms with Crippen molar-refractivity contribution in [2.24, 2.45) is 9.98 Å². The van der Waals surface area contributed by atoms with Crippen LogP contribution >= 0.6 is 11.3 Å². The molecule has 8 aromatic carbocycles. The molecule has 0 bridgehead atoms. The third kappa shape index (κ3) is 5.52. The average molecular weight is 735 g/mol. The van der Waals surface area contributed by atoms with Crippen molar-refractivity contribution in [1.82, 2.24) is 9.88 Å². The molecule has 0 amide bonds. The number of aliphatic imine (C=N–C) groups is 2. The molecule has 0 saturated carbocycles. The van der Waals surface area contributed by atoms with E-state index in [-0.39, 0.29) is 6.17 Å². The molecule has 0 fully saturated rings. The van der Waals surface area contributed by atoms with E-state index in [4.69, 9.17) is 9.98 Å². The van der Waals surface area contributed by atoms with E-state index in [2.05, 4.69) is 180 Å². The smallest absolute Gasteiger partial charge is 0.159 e. The highest BCUT2D eigenvalue weighted by Crippen LogP contribution is 2.43. The zero-order valence-corrected chi connectivity index (χ0v) is 31.1. The van der Waals surface area contributed by atoms with Crippen molar-refractivity contribution in [3.63, 3.8) is 0 Å². The molecule has 0 aliphatic carbocycles. The molecular weight excluding hydrogens is 701 g/mol. The lowest BCUT2D eigenvalue weighted by atomic mass is 9.95. The van der Waals surface area contributed by atoms with E-state index in [0.717, 1.165) is 39.6 Å². The Morgan fingerprint density at radius 1 is 0.464 bits per heavy atom. The summed E-state index contributed by atoms with van der Waals surface area (Å²) in [6, 6.07) is 69.3. The first kappa shape index (κ1) is 32.4. The van der Waals surface area contributed by atoms with E-state index < -0.39 is 0 Å². The molecule has 1 unspecified atom stereocenters. The fraction of sp³-hybridized carbons (Fsp3) is 0.0196. The van der Waals surface area contributed by atoms with Gasteiger partial charge < -0.3 is 9.88 Å². The first-order valence-electron chi connectivity index (χ1n) is 18.9. The highest BCUT2D eigenvalue weighted by atomic mass is 32.1. The third-order valence-corrected chi connectivity index (χ3v) is 12.0. The maximum Gasteiger partial charge on any atom is 0.159 e. The topological polar surface area (TPSA) is 41.7 Å². The summed E-state index contributed by atoms with van der Waals surface area (Å²) in [6.45, 7) is 0. The van der Waals surface area contributed by atoms with E-state index in [1.54, 1.807) is 0 Å². The third-order valence-electron chi connectivity index (χ3n) is 10.8. The van der Waals surface area contributed by atoms with E-state index in [0.29, 0.717) is 0 Å². The summed E-state index contributed by atoms with van der Waals surface area (Å²) in [5, 5.41) is 8.70. The SMILES string of the molecule is c1ccc(C2=NC(c3ccccc3)NC(c3cc(-c4ccc5c6ccc(-c7ccccc7)cc6n(-c6ccccc6)c5c4)c4c(c3)sc3ccccc34)=N2)cc1. The summed E-state index contributed by atoms with van der Waals surface area (Å²) in [6.07, 6.45) is -0.279. The fourth-order valence-corrected chi connectivity index (χ4v) is 9.36. The number of nitrogens with zero attached hydrogens (tertiary/aromatic N) is 3. The molecule has 0 saturated heterocycles. The second-order valence-corrected chi connectivity index (χ2v) is 15.3. The summed E-state index contributed by atoms with van der Waals surface area (Å²) < 4.78 is 4.91. The van der Waals surface area contributed by atoms with Crippen LogP contribution < -0.4 is 5.32 Å². The number of para-hydroxylation sites is 1. The standard InChI is InChI=1S/C51H34N4S/c1-5-15-33(16-6-1)36-25-27-40-41-28-26-37(31-45(41)55(44(40)30-36)39-21-11-4-12-22-39)43-29-38(32-47-48(43)42-23-13-14-24-46(42)56-47)51-53-49(34-17-7-2-8-18-34)52-50(54-51)35-19-9-3-10-20-35/h1-32,49H,(H,52,53,54). The lowest BCUT2D eigenvalue weighted by Crippen LogP contribution is -2.33. The molecule has 1 aliphatic rings. The Hall–Kier alpha value is -7.08. The first-order valence-corrected chi connectivity index (χ1v) is 19.8. The number of aromatic nitrogens is 1. The number of hydrogen-bond donors (Lipinski definition) is 1. The molecule has 1 N–H and O–H groups in total. The van der Waals surface area contributed by atoms with E-state index in [9.17, 15) is 0 Å². The van der Waals surface area contributed by atoms with Crippen LogP contribution in [0.2, 0.25) is 0 Å². The molecule has 56 heavy (non-hydrogen) atoms. The summed E-state index contributed by atoms with van der Waals surface area (Å²) in [5.74, 6) is 1.52. The second kappa shape index (κ2) is 13.3. The zero-order chi connectivity index (χ0) is 37.0. The van der Waals surface area contributed by atoms with Gasteiger partial charge in [-0.25, -0.2) is 9.98 Å². The van der Waals surface area contributed by atoms with Gasteiger partial charge in [-0.2, -0.15) is 0 Å². The number of hydrogen-bond acceptors (Lipinski definition) is 4. The van der Waals surface area contributed by atoms with Gasteiger partial charge in [-0.3, -0.25) is 0 Å². The van der Waals surface area contributed by atoms with Crippen LogP contribution in [-0.4, -0.2) is 16.2 Å². The van der Waals surface area contributed by atoms with Crippen molar-refractivity contribution in [2.45, 2.75) is 6.17 Å². The number of rotatable bonds is 6. The van der Waals surface area contributed by atoms with Gasteiger partial charge in [-0.05, 0) is 70.3 Å². The van der Waals surface area contributed by atoms with Crippen LogP contribution in [0.25, 0.3) is 69.9 Å².